The Balaban J connectivity index is 1.88. The molecular formula is C13H19NO2. The quantitative estimate of drug-likeness (QED) is 0.838. The zero-order chi connectivity index (χ0) is 11.2. The SMILES string of the molecule is COc1ccccc1CCC1COCCN1. The van der Waals surface area contributed by atoms with Gasteiger partial charge in [-0.2, -0.15) is 0 Å². The van der Waals surface area contributed by atoms with Crippen LogP contribution in [0.1, 0.15) is 12.0 Å². The van der Waals surface area contributed by atoms with Crippen molar-refractivity contribution in [2.45, 2.75) is 18.9 Å². The van der Waals surface area contributed by atoms with E-state index in [1.807, 2.05) is 12.1 Å². The Hall–Kier alpha value is -1.06. The molecule has 3 heteroatoms. The third kappa shape index (κ3) is 2.97. The highest BCUT2D eigenvalue weighted by Crippen LogP contribution is 2.19. The van der Waals surface area contributed by atoms with E-state index in [0.29, 0.717) is 6.04 Å². The summed E-state index contributed by atoms with van der Waals surface area (Å²) >= 11 is 0. The van der Waals surface area contributed by atoms with Crippen LogP contribution in [0.4, 0.5) is 0 Å². The van der Waals surface area contributed by atoms with Crippen LogP contribution in [0.15, 0.2) is 24.3 Å². The molecule has 1 saturated heterocycles. The van der Waals surface area contributed by atoms with Crippen LogP contribution in [-0.4, -0.2) is 32.9 Å². The van der Waals surface area contributed by atoms with Crippen molar-refractivity contribution in [1.82, 2.24) is 5.32 Å². The Morgan fingerprint density at radius 2 is 2.31 bits per heavy atom. The minimum Gasteiger partial charge on any atom is -0.496 e. The molecule has 2 rings (SSSR count). The number of ether oxygens (including phenoxy) is 2. The lowest BCUT2D eigenvalue weighted by Crippen LogP contribution is -2.41. The Bertz CT molecular complexity index is 321. The molecule has 1 aromatic rings. The van der Waals surface area contributed by atoms with Crippen molar-refractivity contribution in [2.24, 2.45) is 0 Å². The van der Waals surface area contributed by atoms with Gasteiger partial charge in [0.05, 0.1) is 20.3 Å². The molecule has 0 amide bonds. The molecule has 0 radical (unpaired) electrons. The fourth-order valence-electron chi connectivity index (χ4n) is 2.04. The van der Waals surface area contributed by atoms with E-state index in [1.54, 1.807) is 7.11 Å². The summed E-state index contributed by atoms with van der Waals surface area (Å²) in [5.74, 6) is 0.985. The highest BCUT2D eigenvalue weighted by atomic mass is 16.5. The number of para-hydroxylation sites is 1. The predicted molar refractivity (Wildman–Crippen MR) is 63.9 cm³/mol. The van der Waals surface area contributed by atoms with Crippen LogP contribution in [0.2, 0.25) is 0 Å². The number of benzene rings is 1. The maximum atomic E-state index is 5.43. The van der Waals surface area contributed by atoms with Gasteiger partial charge in [-0.3, -0.25) is 0 Å². The lowest BCUT2D eigenvalue weighted by molar-refractivity contribution is 0.0743. The standard InChI is InChI=1S/C13H19NO2/c1-15-13-5-3-2-4-11(13)6-7-12-10-16-9-8-14-12/h2-5,12,14H,6-10H2,1H3. The lowest BCUT2D eigenvalue weighted by Gasteiger charge is -2.23. The van der Waals surface area contributed by atoms with Crippen molar-refractivity contribution < 1.29 is 9.47 Å². The summed E-state index contributed by atoms with van der Waals surface area (Å²) in [6.45, 7) is 2.64. The molecule has 1 heterocycles. The molecule has 1 atom stereocenters. The summed E-state index contributed by atoms with van der Waals surface area (Å²) < 4.78 is 10.8. The van der Waals surface area contributed by atoms with Gasteiger partial charge in [-0.1, -0.05) is 18.2 Å². The van der Waals surface area contributed by atoms with E-state index in [2.05, 4.69) is 17.4 Å². The summed E-state index contributed by atoms with van der Waals surface area (Å²) in [6.07, 6.45) is 2.13. The number of methoxy groups -OCH3 is 1. The van der Waals surface area contributed by atoms with Gasteiger partial charge in [-0.15, -0.1) is 0 Å². The van der Waals surface area contributed by atoms with Crippen LogP contribution in [0.3, 0.4) is 0 Å². The zero-order valence-electron chi connectivity index (χ0n) is 9.74. The number of rotatable bonds is 4. The second-order valence-corrected chi connectivity index (χ2v) is 4.08. The molecule has 88 valence electrons. The lowest BCUT2D eigenvalue weighted by atomic mass is 10.0. The van der Waals surface area contributed by atoms with Gasteiger partial charge in [0.2, 0.25) is 0 Å². The molecule has 1 aliphatic rings. The van der Waals surface area contributed by atoms with Crippen molar-refractivity contribution >= 4 is 0 Å². The molecule has 0 aromatic heterocycles. The Morgan fingerprint density at radius 1 is 1.44 bits per heavy atom. The summed E-state index contributed by atoms with van der Waals surface area (Å²) in [7, 11) is 1.72. The molecule has 3 nitrogen and oxygen atoms in total. The Morgan fingerprint density at radius 3 is 3.06 bits per heavy atom. The van der Waals surface area contributed by atoms with Gasteiger partial charge < -0.3 is 14.8 Å². The molecule has 1 N–H and O–H groups in total. The minimum absolute atomic E-state index is 0.485. The maximum Gasteiger partial charge on any atom is 0.122 e. The number of aryl methyl sites for hydroxylation is 1. The van der Waals surface area contributed by atoms with Gasteiger partial charge in [0, 0.05) is 12.6 Å². The number of nitrogens with one attached hydrogen (secondary N) is 1. The molecular weight excluding hydrogens is 202 g/mol. The molecule has 0 aliphatic carbocycles. The van der Waals surface area contributed by atoms with Crippen molar-refractivity contribution in [3.8, 4) is 5.75 Å². The molecule has 0 spiro atoms. The third-order valence-electron chi connectivity index (χ3n) is 2.95. The molecule has 1 unspecified atom stereocenters. The van der Waals surface area contributed by atoms with Gasteiger partial charge in [0.25, 0.3) is 0 Å². The van der Waals surface area contributed by atoms with E-state index in [0.717, 1.165) is 38.3 Å². The van der Waals surface area contributed by atoms with Gasteiger partial charge >= 0.3 is 0 Å². The molecule has 0 bridgehead atoms. The largest absolute Gasteiger partial charge is 0.496 e. The fraction of sp³-hybridized carbons (Fsp3) is 0.538. The smallest absolute Gasteiger partial charge is 0.122 e. The van der Waals surface area contributed by atoms with Crippen molar-refractivity contribution in [1.29, 1.82) is 0 Å². The highest BCUT2D eigenvalue weighted by Gasteiger charge is 2.13. The summed E-state index contributed by atoms with van der Waals surface area (Å²) in [5.41, 5.74) is 1.28. The molecule has 1 aromatic carbocycles. The van der Waals surface area contributed by atoms with E-state index in [-0.39, 0.29) is 0 Å². The molecule has 1 fully saturated rings. The van der Waals surface area contributed by atoms with Gasteiger partial charge in [-0.05, 0) is 24.5 Å². The first kappa shape index (κ1) is 11.4. The van der Waals surface area contributed by atoms with Gasteiger partial charge in [0.1, 0.15) is 5.75 Å². The highest BCUT2D eigenvalue weighted by molar-refractivity contribution is 5.33. The topological polar surface area (TPSA) is 30.5 Å². The van der Waals surface area contributed by atoms with E-state index in [1.165, 1.54) is 5.56 Å². The van der Waals surface area contributed by atoms with Crippen molar-refractivity contribution in [2.75, 3.05) is 26.9 Å². The second-order valence-electron chi connectivity index (χ2n) is 4.08. The van der Waals surface area contributed by atoms with Crippen LogP contribution < -0.4 is 10.1 Å². The van der Waals surface area contributed by atoms with Gasteiger partial charge in [-0.25, -0.2) is 0 Å². The fourth-order valence-corrected chi connectivity index (χ4v) is 2.04. The van der Waals surface area contributed by atoms with Crippen molar-refractivity contribution in [3.05, 3.63) is 29.8 Å². The normalized spacial score (nSPS) is 20.7. The average molecular weight is 221 g/mol. The van der Waals surface area contributed by atoms with Crippen molar-refractivity contribution in [3.63, 3.8) is 0 Å². The monoisotopic (exact) mass is 221 g/mol. The van der Waals surface area contributed by atoms with Crippen LogP contribution >= 0.6 is 0 Å². The average Bonchev–Trinajstić information content (AvgIpc) is 2.38. The van der Waals surface area contributed by atoms with E-state index < -0.39 is 0 Å². The first-order chi connectivity index (χ1) is 7.90. The maximum absolute atomic E-state index is 5.43. The van der Waals surface area contributed by atoms with Crippen LogP contribution in [-0.2, 0) is 11.2 Å². The Labute approximate surface area is 96.8 Å². The Kier molecular flexibility index (Phi) is 4.19. The third-order valence-corrected chi connectivity index (χ3v) is 2.95. The first-order valence-corrected chi connectivity index (χ1v) is 5.83. The first-order valence-electron chi connectivity index (χ1n) is 5.83. The molecule has 16 heavy (non-hydrogen) atoms. The van der Waals surface area contributed by atoms with Crippen LogP contribution in [0.25, 0.3) is 0 Å². The van der Waals surface area contributed by atoms with E-state index in [4.69, 9.17) is 9.47 Å². The zero-order valence-corrected chi connectivity index (χ0v) is 9.74. The summed E-state index contributed by atoms with van der Waals surface area (Å²) in [4.78, 5) is 0. The van der Waals surface area contributed by atoms with Crippen LogP contribution in [0.5, 0.6) is 5.75 Å². The number of morpholine rings is 1. The molecule has 0 saturated carbocycles. The number of hydrogen-bond donors (Lipinski definition) is 1. The predicted octanol–water partition coefficient (Wildman–Crippen LogP) is 1.62. The number of hydrogen-bond acceptors (Lipinski definition) is 3. The summed E-state index contributed by atoms with van der Waals surface area (Å²) in [6, 6.07) is 8.69. The summed E-state index contributed by atoms with van der Waals surface area (Å²) in [5, 5.41) is 3.46. The van der Waals surface area contributed by atoms with Crippen LogP contribution in [0, 0.1) is 0 Å². The minimum atomic E-state index is 0.485. The second kappa shape index (κ2) is 5.87. The molecule has 1 aliphatic heterocycles. The van der Waals surface area contributed by atoms with Gasteiger partial charge in [0.15, 0.2) is 0 Å². The van der Waals surface area contributed by atoms with E-state index in [9.17, 15) is 0 Å². The van der Waals surface area contributed by atoms with E-state index >= 15 is 0 Å².